The summed E-state index contributed by atoms with van der Waals surface area (Å²) in [4.78, 5) is 4.71. The zero-order valence-electron chi connectivity index (χ0n) is 11.8. The normalized spacial score (nSPS) is 13.2. The van der Waals surface area contributed by atoms with Gasteiger partial charge >= 0.3 is 0 Å². The summed E-state index contributed by atoms with van der Waals surface area (Å²) in [6, 6.07) is 3.93. The van der Waals surface area contributed by atoms with Crippen LogP contribution in [0.1, 0.15) is 30.2 Å². The fourth-order valence-corrected chi connectivity index (χ4v) is 2.83. The first-order valence-electron chi connectivity index (χ1n) is 6.63. The van der Waals surface area contributed by atoms with Crippen molar-refractivity contribution in [2.45, 2.75) is 26.3 Å². The van der Waals surface area contributed by atoms with E-state index in [1.165, 1.54) is 0 Å². The van der Waals surface area contributed by atoms with Gasteiger partial charge in [0.2, 0.25) is 0 Å². The fourth-order valence-electron chi connectivity index (χ4n) is 2.66. The molecule has 3 rings (SSSR count). The second-order valence-electron chi connectivity index (χ2n) is 4.91. The molecule has 1 unspecified atom stereocenters. The first kappa shape index (κ1) is 13.2. The predicted molar refractivity (Wildman–Crippen MR) is 78.2 cm³/mol. The van der Waals surface area contributed by atoms with E-state index in [0.717, 1.165) is 34.9 Å². The average Bonchev–Trinajstić information content (AvgIpc) is 3.09. The topological polar surface area (TPSA) is 48.8 Å². The number of rotatable bonds is 4. The number of fused-ring (bicyclic) bond motifs is 1. The van der Waals surface area contributed by atoms with E-state index in [-0.39, 0.29) is 6.04 Å². The highest BCUT2D eigenvalue weighted by molar-refractivity contribution is 6.17. The van der Waals surface area contributed by atoms with Gasteiger partial charge in [0.05, 0.1) is 18.0 Å². The van der Waals surface area contributed by atoms with Crippen LogP contribution in [0.3, 0.4) is 0 Å². The molecule has 0 spiro atoms. The van der Waals surface area contributed by atoms with Gasteiger partial charge in [-0.25, -0.2) is 4.98 Å². The van der Waals surface area contributed by atoms with E-state index in [1.807, 2.05) is 30.8 Å². The summed E-state index contributed by atoms with van der Waals surface area (Å²) in [5.74, 6) is 2.41. The first-order chi connectivity index (χ1) is 9.63. The number of nitrogens with zero attached hydrogens (tertiary/aromatic N) is 4. The third-order valence-electron chi connectivity index (χ3n) is 3.57. The van der Waals surface area contributed by atoms with E-state index in [1.54, 1.807) is 6.26 Å². The number of halogens is 1. The van der Waals surface area contributed by atoms with Crippen molar-refractivity contribution < 1.29 is 4.42 Å². The van der Waals surface area contributed by atoms with Crippen LogP contribution in [0.15, 0.2) is 22.8 Å². The van der Waals surface area contributed by atoms with Crippen molar-refractivity contribution in [2.24, 2.45) is 7.05 Å². The molecule has 0 fully saturated rings. The first-order valence-corrected chi connectivity index (χ1v) is 7.16. The van der Waals surface area contributed by atoms with Gasteiger partial charge in [0.25, 0.3) is 0 Å². The minimum Gasteiger partial charge on any atom is -0.467 e. The molecule has 0 amide bonds. The Balaban J connectivity index is 2.23. The minimum atomic E-state index is 0.0583. The van der Waals surface area contributed by atoms with Crippen LogP contribution in [-0.2, 0) is 13.5 Å². The summed E-state index contributed by atoms with van der Waals surface area (Å²) in [6.07, 6.45) is 2.41. The summed E-state index contributed by atoms with van der Waals surface area (Å²) in [5, 5.41) is 4.45. The second-order valence-corrected chi connectivity index (χ2v) is 5.29. The highest BCUT2D eigenvalue weighted by atomic mass is 35.5. The predicted octanol–water partition coefficient (Wildman–Crippen LogP) is 3.06. The largest absolute Gasteiger partial charge is 0.467 e. The molecule has 0 aliphatic carbocycles. The van der Waals surface area contributed by atoms with Crippen LogP contribution in [0.25, 0.3) is 11.2 Å². The summed E-state index contributed by atoms with van der Waals surface area (Å²) < 4.78 is 9.57. The number of imidazole rings is 1. The molecule has 5 nitrogen and oxygen atoms in total. The number of aromatic nitrogens is 4. The Morgan fingerprint density at radius 2 is 2.25 bits per heavy atom. The fraction of sp³-hybridized carbons (Fsp3) is 0.429. The maximum Gasteiger partial charge on any atom is 0.159 e. The van der Waals surface area contributed by atoms with Gasteiger partial charge < -0.3 is 8.98 Å². The molecule has 0 radical (unpaired) electrons. The lowest BCUT2D eigenvalue weighted by molar-refractivity contribution is 0.441. The molecule has 3 aromatic heterocycles. The van der Waals surface area contributed by atoms with E-state index in [2.05, 4.69) is 16.6 Å². The third-order valence-corrected chi connectivity index (χ3v) is 3.76. The van der Waals surface area contributed by atoms with Gasteiger partial charge in [-0.15, -0.1) is 11.6 Å². The van der Waals surface area contributed by atoms with Gasteiger partial charge in [0, 0.05) is 19.3 Å². The zero-order chi connectivity index (χ0) is 14.3. The van der Waals surface area contributed by atoms with Gasteiger partial charge in [-0.3, -0.25) is 4.68 Å². The van der Waals surface area contributed by atoms with E-state index in [9.17, 15) is 0 Å². The molecule has 0 N–H and O–H groups in total. The second kappa shape index (κ2) is 4.98. The number of alkyl halides is 1. The number of aryl methyl sites for hydroxylation is 3. The summed E-state index contributed by atoms with van der Waals surface area (Å²) >= 11 is 5.91. The number of hydrogen-bond donors (Lipinski definition) is 0. The quantitative estimate of drug-likeness (QED) is 0.694. The van der Waals surface area contributed by atoms with Crippen molar-refractivity contribution in [1.29, 1.82) is 0 Å². The highest BCUT2D eigenvalue weighted by Gasteiger charge is 2.22. The lowest BCUT2D eigenvalue weighted by atomic mass is 10.2. The monoisotopic (exact) mass is 292 g/mol. The standard InChI is InChI=1S/C14H17ClN4O/c1-9-13-14(18(3)17-9)19(12(16-13)6-7-15)10(2)11-5-4-8-20-11/h4-5,8,10H,6-7H2,1-3H3. The van der Waals surface area contributed by atoms with E-state index in [4.69, 9.17) is 21.0 Å². The van der Waals surface area contributed by atoms with Gasteiger partial charge in [0.15, 0.2) is 5.65 Å². The summed E-state index contributed by atoms with van der Waals surface area (Å²) in [6.45, 7) is 4.07. The molecule has 6 heteroatoms. The average molecular weight is 293 g/mol. The van der Waals surface area contributed by atoms with Gasteiger partial charge in [0.1, 0.15) is 17.1 Å². The van der Waals surface area contributed by atoms with Crippen LogP contribution in [0.4, 0.5) is 0 Å². The maximum atomic E-state index is 5.91. The molecule has 0 aromatic carbocycles. The van der Waals surface area contributed by atoms with Crippen LogP contribution in [0.5, 0.6) is 0 Å². The highest BCUT2D eigenvalue weighted by Crippen LogP contribution is 2.27. The number of hydrogen-bond acceptors (Lipinski definition) is 3. The molecule has 0 bridgehead atoms. The Bertz CT molecular complexity index is 726. The van der Waals surface area contributed by atoms with Crippen LogP contribution in [-0.4, -0.2) is 25.2 Å². The molecule has 3 aromatic rings. The zero-order valence-corrected chi connectivity index (χ0v) is 12.6. The van der Waals surface area contributed by atoms with Gasteiger partial charge in [-0.05, 0) is 26.0 Å². The van der Waals surface area contributed by atoms with Crippen molar-refractivity contribution in [2.75, 3.05) is 5.88 Å². The minimum absolute atomic E-state index is 0.0583. The Kier molecular flexibility index (Phi) is 3.30. The van der Waals surface area contributed by atoms with Gasteiger partial charge in [-0.2, -0.15) is 5.10 Å². The Morgan fingerprint density at radius 3 is 2.90 bits per heavy atom. The van der Waals surface area contributed by atoms with Crippen molar-refractivity contribution in [3.63, 3.8) is 0 Å². The molecule has 1 atom stereocenters. The summed E-state index contributed by atoms with van der Waals surface area (Å²) in [5.41, 5.74) is 2.88. The number of furan rings is 1. The van der Waals surface area contributed by atoms with E-state index >= 15 is 0 Å². The van der Waals surface area contributed by atoms with Crippen molar-refractivity contribution in [3.05, 3.63) is 35.7 Å². The van der Waals surface area contributed by atoms with Crippen LogP contribution in [0, 0.1) is 6.92 Å². The molecule has 20 heavy (non-hydrogen) atoms. The van der Waals surface area contributed by atoms with E-state index in [0.29, 0.717) is 5.88 Å². The Morgan fingerprint density at radius 1 is 1.45 bits per heavy atom. The van der Waals surface area contributed by atoms with Crippen LogP contribution in [0.2, 0.25) is 0 Å². The van der Waals surface area contributed by atoms with Gasteiger partial charge in [-0.1, -0.05) is 0 Å². The smallest absolute Gasteiger partial charge is 0.159 e. The van der Waals surface area contributed by atoms with Crippen molar-refractivity contribution >= 4 is 22.8 Å². The third kappa shape index (κ3) is 1.93. The SMILES string of the molecule is Cc1nn(C)c2c1nc(CCCl)n2C(C)c1ccco1. The maximum absolute atomic E-state index is 5.91. The van der Waals surface area contributed by atoms with Crippen LogP contribution < -0.4 is 0 Å². The lowest BCUT2D eigenvalue weighted by Gasteiger charge is -2.15. The van der Waals surface area contributed by atoms with Crippen molar-refractivity contribution in [3.8, 4) is 0 Å². The van der Waals surface area contributed by atoms with Crippen molar-refractivity contribution in [1.82, 2.24) is 19.3 Å². The molecule has 3 heterocycles. The molecular weight excluding hydrogens is 276 g/mol. The Labute approximate surface area is 122 Å². The molecular formula is C14H17ClN4O. The lowest BCUT2D eigenvalue weighted by Crippen LogP contribution is -2.13. The van der Waals surface area contributed by atoms with Crippen LogP contribution >= 0.6 is 11.6 Å². The van der Waals surface area contributed by atoms with E-state index < -0.39 is 0 Å². The molecule has 0 saturated heterocycles. The summed E-state index contributed by atoms with van der Waals surface area (Å²) in [7, 11) is 1.94. The molecule has 0 aliphatic heterocycles. The molecule has 0 saturated carbocycles. The molecule has 106 valence electrons. The Hall–Kier alpha value is -1.75. The molecule has 0 aliphatic rings.